The van der Waals surface area contributed by atoms with Crippen LogP contribution < -0.4 is 10.6 Å². The van der Waals surface area contributed by atoms with Gasteiger partial charge in [0.1, 0.15) is 5.82 Å². The highest BCUT2D eigenvalue weighted by molar-refractivity contribution is 5.88. The van der Waals surface area contributed by atoms with Gasteiger partial charge in [-0.05, 0) is 25.0 Å². The number of anilines is 2. The largest absolute Gasteiger partial charge is 0.383 e. The molecule has 0 aliphatic carbocycles. The smallest absolute Gasteiger partial charge is 0.229 e. The summed E-state index contributed by atoms with van der Waals surface area (Å²) < 4.78 is 5.36. The Morgan fingerprint density at radius 1 is 1.21 bits per heavy atom. The van der Waals surface area contributed by atoms with Gasteiger partial charge in [-0.3, -0.25) is 0 Å². The van der Waals surface area contributed by atoms with Crippen LogP contribution in [0.4, 0.5) is 11.8 Å². The normalized spacial score (nSPS) is 18.0. The van der Waals surface area contributed by atoms with E-state index in [0.29, 0.717) is 23.5 Å². The van der Waals surface area contributed by atoms with Crippen LogP contribution in [0.25, 0.3) is 10.9 Å². The zero-order valence-corrected chi connectivity index (χ0v) is 13.8. The van der Waals surface area contributed by atoms with Crippen LogP contribution in [0, 0.1) is 0 Å². The second-order valence-electron chi connectivity index (χ2n) is 6.42. The fourth-order valence-corrected chi connectivity index (χ4v) is 3.11. The Hall–Kier alpha value is -2.70. The van der Waals surface area contributed by atoms with Crippen molar-refractivity contribution in [1.82, 2.24) is 20.1 Å². The Morgan fingerprint density at radius 2 is 2.04 bits per heavy atom. The highest BCUT2D eigenvalue weighted by Gasteiger charge is 2.32. The van der Waals surface area contributed by atoms with E-state index in [4.69, 9.17) is 10.3 Å². The van der Waals surface area contributed by atoms with Crippen molar-refractivity contribution in [2.45, 2.75) is 38.6 Å². The van der Waals surface area contributed by atoms with Crippen molar-refractivity contribution in [3.63, 3.8) is 0 Å². The predicted molar refractivity (Wildman–Crippen MR) is 91.7 cm³/mol. The Bertz CT molecular complexity index is 874. The molecule has 0 saturated carbocycles. The summed E-state index contributed by atoms with van der Waals surface area (Å²) in [6.07, 6.45) is 1.99. The van der Waals surface area contributed by atoms with Crippen LogP contribution in [-0.2, 0) is 0 Å². The molecule has 4 rings (SSSR count). The van der Waals surface area contributed by atoms with E-state index in [9.17, 15) is 0 Å². The molecule has 0 radical (unpaired) electrons. The molecule has 124 valence electrons. The molecule has 3 heterocycles. The van der Waals surface area contributed by atoms with Crippen LogP contribution in [-0.4, -0.2) is 26.7 Å². The summed E-state index contributed by atoms with van der Waals surface area (Å²) in [5.41, 5.74) is 6.97. The fraction of sp³-hybridized carbons (Fsp3) is 0.412. The first kappa shape index (κ1) is 14.9. The Kier molecular flexibility index (Phi) is 3.55. The van der Waals surface area contributed by atoms with E-state index in [0.717, 1.165) is 30.3 Å². The number of benzene rings is 1. The third kappa shape index (κ3) is 2.46. The number of para-hydroxylation sites is 1. The highest BCUT2D eigenvalue weighted by atomic mass is 16.5. The second-order valence-corrected chi connectivity index (χ2v) is 6.42. The molecule has 24 heavy (non-hydrogen) atoms. The Balaban J connectivity index is 1.72. The molecule has 3 aromatic rings. The lowest BCUT2D eigenvalue weighted by Crippen LogP contribution is -2.25. The average molecular weight is 324 g/mol. The van der Waals surface area contributed by atoms with Crippen molar-refractivity contribution in [3.8, 4) is 0 Å². The fourth-order valence-electron chi connectivity index (χ4n) is 3.11. The van der Waals surface area contributed by atoms with E-state index in [1.165, 1.54) is 0 Å². The molecule has 1 aromatic carbocycles. The van der Waals surface area contributed by atoms with Crippen LogP contribution in [0.1, 0.15) is 50.4 Å². The zero-order chi connectivity index (χ0) is 16.7. The third-order valence-corrected chi connectivity index (χ3v) is 4.38. The minimum atomic E-state index is 0.0295. The van der Waals surface area contributed by atoms with Crippen molar-refractivity contribution in [2.24, 2.45) is 0 Å². The molecule has 0 bridgehead atoms. The van der Waals surface area contributed by atoms with Crippen LogP contribution >= 0.6 is 0 Å². The van der Waals surface area contributed by atoms with Gasteiger partial charge in [-0.1, -0.05) is 31.1 Å². The van der Waals surface area contributed by atoms with Gasteiger partial charge in [0.05, 0.1) is 11.6 Å². The molecule has 0 spiro atoms. The zero-order valence-electron chi connectivity index (χ0n) is 13.8. The minimum absolute atomic E-state index is 0.0295. The van der Waals surface area contributed by atoms with Crippen molar-refractivity contribution in [1.29, 1.82) is 0 Å². The van der Waals surface area contributed by atoms with E-state index in [-0.39, 0.29) is 12.0 Å². The first-order valence-electron chi connectivity index (χ1n) is 8.26. The molecular formula is C17H20N6O. The topological polar surface area (TPSA) is 94.0 Å². The summed E-state index contributed by atoms with van der Waals surface area (Å²) in [4.78, 5) is 15.9. The molecule has 2 N–H and O–H groups in total. The number of hydrogen-bond acceptors (Lipinski definition) is 7. The second kappa shape index (κ2) is 5.74. The first-order valence-corrected chi connectivity index (χ1v) is 8.26. The van der Waals surface area contributed by atoms with E-state index >= 15 is 0 Å². The van der Waals surface area contributed by atoms with Crippen molar-refractivity contribution < 1.29 is 4.52 Å². The molecule has 1 atom stereocenters. The quantitative estimate of drug-likeness (QED) is 0.791. The first-order chi connectivity index (χ1) is 11.6. The lowest BCUT2D eigenvalue weighted by Gasteiger charge is -2.22. The van der Waals surface area contributed by atoms with Gasteiger partial charge < -0.3 is 15.2 Å². The highest BCUT2D eigenvalue weighted by Crippen LogP contribution is 2.34. The van der Waals surface area contributed by atoms with E-state index in [1.807, 2.05) is 38.1 Å². The summed E-state index contributed by atoms with van der Waals surface area (Å²) >= 11 is 0. The lowest BCUT2D eigenvalue weighted by molar-refractivity contribution is 0.358. The summed E-state index contributed by atoms with van der Waals surface area (Å²) in [7, 11) is 0. The number of aromatic nitrogens is 4. The van der Waals surface area contributed by atoms with E-state index < -0.39 is 0 Å². The molecule has 1 saturated heterocycles. The minimum Gasteiger partial charge on any atom is -0.383 e. The Labute approximate surface area is 139 Å². The summed E-state index contributed by atoms with van der Waals surface area (Å²) in [6.45, 7) is 4.93. The number of fused-ring (bicyclic) bond motifs is 1. The number of hydrogen-bond donors (Lipinski definition) is 1. The third-order valence-electron chi connectivity index (χ3n) is 4.38. The average Bonchev–Trinajstić information content (AvgIpc) is 3.24. The van der Waals surface area contributed by atoms with Crippen molar-refractivity contribution in [2.75, 3.05) is 17.2 Å². The molecule has 7 heteroatoms. The molecular weight excluding hydrogens is 304 g/mol. The van der Waals surface area contributed by atoms with Gasteiger partial charge in [0, 0.05) is 17.8 Å². The van der Waals surface area contributed by atoms with Crippen LogP contribution in [0.3, 0.4) is 0 Å². The molecule has 1 aliphatic rings. The van der Waals surface area contributed by atoms with Crippen LogP contribution in [0.2, 0.25) is 0 Å². The monoisotopic (exact) mass is 324 g/mol. The van der Waals surface area contributed by atoms with Gasteiger partial charge in [0.2, 0.25) is 11.8 Å². The summed E-state index contributed by atoms with van der Waals surface area (Å²) in [6, 6.07) is 7.81. The molecule has 1 unspecified atom stereocenters. The van der Waals surface area contributed by atoms with Gasteiger partial charge in [0.25, 0.3) is 0 Å². The molecule has 1 aliphatic heterocycles. The number of nitrogens with two attached hydrogens (primary N) is 1. The van der Waals surface area contributed by atoms with Crippen LogP contribution in [0.5, 0.6) is 0 Å². The molecule has 0 amide bonds. The van der Waals surface area contributed by atoms with E-state index in [2.05, 4.69) is 25.0 Å². The van der Waals surface area contributed by atoms with Gasteiger partial charge in [-0.25, -0.2) is 4.98 Å². The van der Waals surface area contributed by atoms with E-state index in [1.54, 1.807) is 0 Å². The maximum Gasteiger partial charge on any atom is 0.229 e. The number of nitrogens with zero attached hydrogens (tertiary/aromatic N) is 5. The van der Waals surface area contributed by atoms with Gasteiger partial charge in [0.15, 0.2) is 5.82 Å². The predicted octanol–water partition coefficient (Wildman–Crippen LogP) is 3.06. The van der Waals surface area contributed by atoms with Crippen LogP contribution in [0.15, 0.2) is 28.8 Å². The molecule has 1 fully saturated rings. The maximum atomic E-state index is 6.13. The lowest BCUT2D eigenvalue weighted by atomic mass is 10.2. The van der Waals surface area contributed by atoms with Crippen molar-refractivity contribution in [3.05, 3.63) is 36.0 Å². The van der Waals surface area contributed by atoms with Crippen molar-refractivity contribution >= 4 is 22.7 Å². The standard InChI is InChI=1S/C17H20N6O/c1-10(2)16-21-15(22-24-16)13-8-5-9-23(13)17-19-12-7-4-3-6-11(12)14(18)20-17/h3-4,6-7,10,13H,5,8-9H2,1-2H3,(H2,18,19,20). The molecule has 7 nitrogen and oxygen atoms in total. The van der Waals surface area contributed by atoms with Gasteiger partial charge >= 0.3 is 0 Å². The Morgan fingerprint density at radius 3 is 2.83 bits per heavy atom. The van der Waals surface area contributed by atoms with Gasteiger partial charge in [-0.2, -0.15) is 9.97 Å². The summed E-state index contributed by atoms with van der Waals surface area (Å²) in [5.74, 6) is 2.71. The number of rotatable bonds is 3. The number of nitrogen functional groups attached to an aromatic ring is 1. The maximum absolute atomic E-state index is 6.13. The molecule has 2 aromatic heterocycles. The summed E-state index contributed by atoms with van der Waals surface area (Å²) in [5, 5.41) is 5.04. The van der Waals surface area contributed by atoms with Gasteiger partial charge in [-0.15, -0.1) is 0 Å². The SMILES string of the molecule is CC(C)c1nc(C2CCCN2c2nc(N)c3ccccc3n2)no1.